The maximum absolute atomic E-state index is 13.6. The topological polar surface area (TPSA) is 123 Å². The van der Waals surface area contributed by atoms with Crippen molar-refractivity contribution >= 4 is 39.9 Å². The van der Waals surface area contributed by atoms with Crippen molar-refractivity contribution in [1.29, 1.82) is 0 Å². The first-order chi connectivity index (χ1) is 19.9. The lowest BCUT2D eigenvalue weighted by molar-refractivity contribution is -0.131. The maximum Gasteiger partial charge on any atom is 0.282 e. The van der Waals surface area contributed by atoms with Gasteiger partial charge in [-0.25, -0.2) is 28.8 Å². The average molecular weight is 554 g/mol. The summed E-state index contributed by atoms with van der Waals surface area (Å²) in [7, 11) is 0. The van der Waals surface area contributed by atoms with Crippen LogP contribution in [0, 0.1) is 6.92 Å². The minimum absolute atomic E-state index is 0.215. The van der Waals surface area contributed by atoms with Crippen molar-refractivity contribution in [2.45, 2.75) is 13.0 Å². The van der Waals surface area contributed by atoms with Gasteiger partial charge in [0.05, 0.1) is 11.6 Å². The highest BCUT2D eigenvalue weighted by atomic mass is 19.1. The molecule has 1 fully saturated rings. The molecule has 5 aromatic rings. The molecule has 2 aliphatic heterocycles. The van der Waals surface area contributed by atoms with Gasteiger partial charge in [0.15, 0.2) is 28.9 Å². The first-order valence-corrected chi connectivity index (χ1v) is 13.0. The molecule has 1 amide bonds. The third kappa shape index (κ3) is 4.50. The Morgan fingerprint density at radius 3 is 2.90 bits per heavy atom. The number of carbonyl (C=O) groups is 1. The van der Waals surface area contributed by atoms with Crippen LogP contribution in [0.1, 0.15) is 5.56 Å². The van der Waals surface area contributed by atoms with E-state index in [1.165, 1.54) is 17.6 Å². The first kappa shape index (κ1) is 24.7. The predicted octanol–water partition coefficient (Wildman–Crippen LogP) is 3.80. The van der Waals surface area contributed by atoms with E-state index < -0.39 is 11.7 Å². The van der Waals surface area contributed by atoms with E-state index in [1.54, 1.807) is 10.7 Å². The maximum atomic E-state index is 13.6. The van der Waals surface area contributed by atoms with E-state index in [4.69, 9.17) is 14.5 Å². The summed E-state index contributed by atoms with van der Waals surface area (Å²) in [5, 5.41) is 7.46. The normalized spacial score (nSPS) is 16.2. The molecule has 0 spiro atoms. The number of nitrogens with zero attached hydrogens (tertiary/aromatic N) is 8. The quantitative estimate of drug-likeness (QED) is 0.322. The molecule has 12 nitrogen and oxygen atoms in total. The van der Waals surface area contributed by atoms with Crippen molar-refractivity contribution < 1.29 is 18.7 Å². The van der Waals surface area contributed by atoms with Crippen LogP contribution in [0.15, 0.2) is 67.7 Å². The average Bonchev–Trinajstić information content (AvgIpc) is 3.39. The van der Waals surface area contributed by atoms with E-state index in [0.717, 1.165) is 11.3 Å². The number of aromatic nitrogens is 6. The summed E-state index contributed by atoms with van der Waals surface area (Å²) in [6.45, 7) is 6.61. The molecule has 206 valence electrons. The Kier molecular flexibility index (Phi) is 5.84. The van der Waals surface area contributed by atoms with Gasteiger partial charge in [-0.2, -0.15) is 5.10 Å². The fourth-order valence-corrected chi connectivity index (χ4v) is 5.15. The van der Waals surface area contributed by atoms with Gasteiger partial charge in [-0.05, 0) is 36.8 Å². The number of aryl methyl sites for hydroxylation is 1. The number of anilines is 3. The Hall–Kier alpha value is -5.33. The molecule has 0 unspecified atom stereocenters. The van der Waals surface area contributed by atoms with Crippen LogP contribution in [0.3, 0.4) is 0 Å². The summed E-state index contributed by atoms with van der Waals surface area (Å²) in [5.74, 6) is 1.40. The minimum Gasteiger partial charge on any atom is -0.487 e. The van der Waals surface area contributed by atoms with Gasteiger partial charge in [0.25, 0.3) is 5.91 Å². The van der Waals surface area contributed by atoms with E-state index in [2.05, 4.69) is 31.9 Å². The lowest BCUT2D eigenvalue weighted by Crippen LogP contribution is -2.56. The summed E-state index contributed by atoms with van der Waals surface area (Å²) in [4.78, 5) is 33.8. The number of ether oxygens (including phenoxy) is 2. The van der Waals surface area contributed by atoms with Crippen LogP contribution in [-0.4, -0.2) is 72.6 Å². The number of fused-ring (bicyclic) bond motifs is 6. The van der Waals surface area contributed by atoms with E-state index >= 15 is 0 Å². The second kappa shape index (κ2) is 9.70. The predicted molar refractivity (Wildman–Crippen MR) is 148 cm³/mol. The number of hydrogen-bond donors (Lipinski definition) is 1. The Morgan fingerprint density at radius 1 is 1.15 bits per heavy atom. The number of halogens is 1. The van der Waals surface area contributed by atoms with Gasteiger partial charge in [0.1, 0.15) is 36.3 Å². The number of pyridine rings is 2. The van der Waals surface area contributed by atoms with Gasteiger partial charge < -0.3 is 24.6 Å². The summed E-state index contributed by atoms with van der Waals surface area (Å²) < 4.78 is 27.4. The molecule has 41 heavy (non-hydrogen) atoms. The third-order valence-electron chi connectivity index (χ3n) is 7.18. The summed E-state index contributed by atoms with van der Waals surface area (Å²) >= 11 is 0. The highest BCUT2D eigenvalue weighted by Gasteiger charge is 2.36. The minimum atomic E-state index is -0.974. The van der Waals surface area contributed by atoms with Gasteiger partial charge >= 0.3 is 0 Å². The van der Waals surface area contributed by atoms with Gasteiger partial charge in [-0.15, -0.1) is 0 Å². The van der Waals surface area contributed by atoms with Crippen molar-refractivity contribution in [2.75, 3.05) is 36.5 Å². The Labute approximate surface area is 233 Å². The van der Waals surface area contributed by atoms with Crippen molar-refractivity contribution in [1.82, 2.24) is 34.4 Å². The van der Waals surface area contributed by atoms with E-state index in [-0.39, 0.29) is 12.6 Å². The number of nitrogens with one attached hydrogen (secondary N) is 1. The largest absolute Gasteiger partial charge is 0.487 e. The zero-order chi connectivity index (χ0) is 28.1. The van der Waals surface area contributed by atoms with Crippen LogP contribution in [-0.2, 0) is 4.79 Å². The second-order valence-electron chi connectivity index (χ2n) is 9.85. The van der Waals surface area contributed by atoms with Gasteiger partial charge in [-0.1, -0.05) is 6.58 Å². The van der Waals surface area contributed by atoms with Crippen LogP contribution in [0.5, 0.6) is 17.2 Å². The SMILES string of the molecule is C=C(F)C(=O)N1CCN2C[C@@H]1COc1cc3ncnc(Nc4ccc(Oc5ccn6ncnc6c5)c(C)c4)c3nc12. The molecule has 7 rings (SSSR count). The highest BCUT2D eigenvalue weighted by Crippen LogP contribution is 2.36. The smallest absolute Gasteiger partial charge is 0.282 e. The molecule has 1 N–H and O–H groups in total. The Morgan fingerprint density at radius 2 is 2.05 bits per heavy atom. The summed E-state index contributed by atoms with van der Waals surface area (Å²) in [6, 6.07) is 10.9. The van der Waals surface area contributed by atoms with Crippen LogP contribution >= 0.6 is 0 Å². The number of hydrogen-bond acceptors (Lipinski definition) is 10. The van der Waals surface area contributed by atoms with Crippen LogP contribution in [0.2, 0.25) is 0 Å². The summed E-state index contributed by atoms with van der Waals surface area (Å²) in [6.07, 6.45) is 4.75. The molecule has 1 aromatic carbocycles. The Balaban J connectivity index is 1.14. The fraction of sp³-hybridized carbons (Fsp3) is 0.214. The molecular weight excluding hydrogens is 529 g/mol. The van der Waals surface area contributed by atoms with Gasteiger partial charge in [-0.3, -0.25) is 4.79 Å². The van der Waals surface area contributed by atoms with Crippen LogP contribution in [0.25, 0.3) is 16.7 Å². The molecule has 2 bridgehead atoms. The molecule has 2 aliphatic rings. The van der Waals surface area contributed by atoms with E-state index in [1.807, 2.05) is 48.2 Å². The second-order valence-corrected chi connectivity index (χ2v) is 9.85. The fourth-order valence-electron chi connectivity index (χ4n) is 5.15. The number of amides is 1. The van der Waals surface area contributed by atoms with Gasteiger partial charge in [0.2, 0.25) is 0 Å². The number of carbonyl (C=O) groups excluding carboxylic acids is 1. The lowest BCUT2D eigenvalue weighted by atomic mass is 10.1. The zero-order valence-electron chi connectivity index (χ0n) is 22.0. The molecule has 6 heterocycles. The van der Waals surface area contributed by atoms with Crippen molar-refractivity contribution in [2.24, 2.45) is 0 Å². The van der Waals surface area contributed by atoms with Crippen LogP contribution < -0.4 is 19.7 Å². The zero-order valence-corrected chi connectivity index (χ0v) is 22.0. The summed E-state index contributed by atoms with van der Waals surface area (Å²) in [5.41, 5.74) is 3.59. The molecule has 0 aliphatic carbocycles. The molecule has 4 aromatic heterocycles. The van der Waals surface area contributed by atoms with Crippen LogP contribution in [0.4, 0.5) is 21.7 Å². The van der Waals surface area contributed by atoms with Crippen molar-refractivity contribution in [3.8, 4) is 17.2 Å². The standard InChI is InChI=1S/C28H24FN9O3/c1-16-9-18(3-4-22(16)41-20-5-6-38-24(10-20)31-15-33-38)34-26-25-21(30-14-32-26)11-23-27(35-25)36-7-8-37(28(39)17(2)29)19(12-36)13-40-23/h3-6,9-11,14-15,19H,2,7-8,12-13H2,1H3,(H,30,32,34)/t19-/m1/s1. The monoisotopic (exact) mass is 553 g/mol. The molecule has 1 atom stereocenters. The third-order valence-corrected chi connectivity index (χ3v) is 7.18. The number of benzene rings is 1. The van der Waals surface area contributed by atoms with Gasteiger partial charge in [0, 0.05) is 43.7 Å². The number of rotatable bonds is 5. The van der Waals surface area contributed by atoms with Crippen molar-refractivity contribution in [3.63, 3.8) is 0 Å². The molecule has 13 heteroatoms. The Bertz CT molecular complexity index is 1840. The molecular formula is C28H24FN9O3. The highest BCUT2D eigenvalue weighted by molar-refractivity contribution is 5.92. The molecule has 0 radical (unpaired) electrons. The van der Waals surface area contributed by atoms with E-state index in [9.17, 15) is 9.18 Å². The van der Waals surface area contributed by atoms with E-state index in [0.29, 0.717) is 65.2 Å². The number of piperazine rings is 1. The van der Waals surface area contributed by atoms with Crippen molar-refractivity contribution in [3.05, 3.63) is 73.2 Å². The first-order valence-electron chi connectivity index (χ1n) is 13.0. The molecule has 0 saturated carbocycles. The lowest BCUT2D eigenvalue weighted by Gasteiger charge is -2.39. The molecule has 1 saturated heterocycles.